The highest BCUT2D eigenvalue weighted by molar-refractivity contribution is 6.35. The predicted molar refractivity (Wildman–Crippen MR) is 106 cm³/mol. The maximum Gasteiger partial charge on any atom is 0.121 e. The van der Waals surface area contributed by atoms with Crippen molar-refractivity contribution in [1.82, 2.24) is 14.9 Å². The minimum atomic E-state index is -1.23. The van der Waals surface area contributed by atoms with Crippen LogP contribution in [0.1, 0.15) is 11.1 Å². The Morgan fingerprint density at radius 2 is 1.77 bits per heavy atom. The number of aromatic nitrogens is 2. The summed E-state index contributed by atoms with van der Waals surface area (Å²) in [5.41, 5.74) is 0.455. The first-order valence-corrected chi connectivity index (χ1v) is 9.18. The topological polar surface area (TPSA) is 50.1 Å². The summed E-state index contributed by atoms with van der Waals surface area (Å²) in [6, 6.07) is 12.7. The van der Waals surface area contributed by atoms with Gasteiger partial charge in [0, 0.05) is 46.1 Å². The average molecular weight is 411 g/mol. The minimum absolute atomic E-state index is 0.301. The van der Waals surface area contributed by atoms with Gasteiger partial charge in [-0.25, -0.2) is 4.98 Å². The van der Waals surface area contributed by atoms with E-state index in [1.807, 2.05) is 28.8 Å². The Balaban J connectivity index is 1.79. The van der Waals surface area contributed by atoms with Gasteiger partial charge in [0.05, 0.1) is 12.9 Å². The highest BCUT2D eigenvalue weighted by Gasteiger charge is 2.32. The lowest BCUT2D eigenvalue weighted by atomic mass is 9.93. The van der Waals surface area contributed by atoms with Gasteiger partial charge in [0.15, 0.2) is 0 Å². The van der Waals surface area contributed by atoms with Crippen LogP contribution in [0.4, 0.5) is 0 Å². The molecule has 7 heteroatoms. The molecule has 0 aliphatic rings. The Morgan fingerprint density at radius 3 is 2.42 bits per heavy atom. The van der Waals surface area contributed by atoms with Crippen LogP contribution in [0, 0.1) is 0 Å². The zero-order valence-electron chi connectivity index (χ0n) is 13.9. The lowest BCUT2D eigenvalue weighted by Crippen LogP contribution is -2.41. The summed E-state index contributed by atoms with van der Waals surface area (Å²) in [4.78, 5) is 4.04. The van der Waals surface area contributed by atoms with E-state index in [0.29, 0.717) is 40.3 Å². The third kappa shape index (κ3) is 4.78. The zero-order valence-corrected chi connectivity index (χ0v) is 16.1. The number of hydrogen-bond donors (Lipinski definition) is 2. The zero-order chi connectivity index (χ0) is 18.6. The van der Waals surface area contributed by atoms with Crippen LogP contribution in [-0.2, 0) is 18.7 Å². The van der Waals surface area contributed by atoms with Gasteiger partial charge in [0.1, 0.15) is 5.60 Å². The second-order valence-corrected chi connectivity index (χ2v) is 7.40. The van der Waals surface area contributed by atoms with E-state index in [2.05, 4.69) is 10.3 Å². The molecule has 4 nitrogen and oxygen atoms in total. The lowest BCUT2D eigenvalue weighted by Gasteiger charge is -2.30. The first-order valence-electron chi connectivity index (χ1n) is 8.05. The first kappa shape index (κ1) is 19.2. The van der Waals surface area contributed by atoms with Crippen LogP contribution in [-0.4, -0.2) is 21.2 Å². The molecule has 0 spiro atoms. The number of nitrogens with zero attached hydrogens (tertiary/aromatic N) is 2. The Hall–Kier alpha value is -1.56. The van der Waals surface area contributed by atoms with Crippen molar-refractivity contribution in [3.8, 4) is 0 Å². The quantitative estimate of drug-likeness (QED) is 0.602. The standard InChI is InChI=1S/C19H18Cl3N3O/c20-15-3-1-14(2-4-15)10-24-11-19(26,12-25-8-7-23-13-25)17-6-5-16(21)9-18(17)22/h1-9,13,24,26H,10-12H2. The second-order valence-electron chi connectivity index (χ2n) is 6.12. The van der Waals surface area contributed by atoms with Crippen molar-refractivity contribution in [2.24, 2.45) is 0 Å². The molecule has 0 saturated carbocycles. The van der Waals surface area contributed by atoms with Crippen molar-refractivity contribution < 1.29 is 5.11 Å². The monoisotopic (exact) mass is 409 g/mol. The Bertz CT molecular complexity index is 853. The molecule has 0 aliphatic carbocycles. The Morgan fingerprint density at radius 1 is 1.04 bits per heavy atom. The minimum Gasteiger partial charge on any atom is -0.382 e. The molecule has 2 aromatic carbocycles. The Kier molecular flexibility index (Phi) is 6.22. The molecule has 1 heterocycles. The van der Waals surface area contributed by atoms with Crippen molar-refractivity contribution in [3.05, 3.63) is 87.4 Å². The number of imidazole rings is 1. The van der Waals surface area contributed by atoms with Gasteiger partial charge in [-0.05, 0) is 29.8 Å². The van der Waals surface area contributed by atoms with Crippen LogP contribution in [0.5, 0.6) is 0 Å². The van der Waals surface area contributed by atoms with Gasteiger partial charge >= 0.3 is 0 Å². The highest BCUT2D eigenvalue weighted by Crippen LogP contribution is 2.31. The molecule has 1 unspecified atom stereocenters. The molecular formula is C19H18Cl3N3O. The van der Waals surface area contributed by atoms with Gasteiger partial charge in [0.25, 0.3) is 0 Å². The summed E-state index contributed by atoms with van der Waals surface area (Å²) >= 11 is 18.3. The van der Waals surface area contributed by atoms with E-state index in [9.17, 15) is 5.11 Å². The van der Waals surface area contributed by atoms with Gasteiger partial charge in [-0.2, -0.15) is 0 Å². The fourth-order valence-electron chi connectivity index (χ4n) is 2.80. The van der Waals surface area contributed by atoms with E-state index in [-0.39, 0.29) is 0 Å². The molecule has 3 aromatic rings. The lowest BCUT2D eigenvalue weighted by molar-refractivity contribution is 0.0186. The third-order valence-electron chi connectivity index (χ3n) is 4.10. The van der Waals surface area contributed by atoms with E-state index in [4.69, 9.17) is 34.8 Å². The summed E-state index contributed by atoms with van der Waals surface area (Å²) in [6.07, 6.45) is 5.13. The van der Waals surface area contributed by atoms with Crippen molar-refractivity contribution >= 4 is 34.8 Å². The summed E-state index contributed by atoms with van der Waals surface area (Å²) < 4.78 is 1.81. The van der Waals surface area contributed by atoms with Crippen molar-refractivity contribution in [1.29, 1.82) is 0 Å². The van der Waals surface area contributed by atoms with Gasteiger partial charge in [0.2, 0.25) is 0 Å². The van der Waals surface area contributed by atoms with Gasteiger partial charge in [-0.3, -0.25) is 0 Å². The van der Waals surface area contributed by atoms with Crippen LogP contribution in [0.25, 0.3) is 0 Å². The maximum atomic E-state index is 11.4. The van der Waals surface area contributed by atoms with Crippen molar-refractivity contribution in [2.75, 3.05) is 6.54 Å². The molecule has 0 bridgehead atoms. The fraction of sp³-hybridized carbons (Fsp3) is 0.211. The maximum absolute atomic E-state index is 11.4. The molecule has 0 amide bonds. The molecule has 2 N–H and O–H groups in total. The molecular weight excluding hydrogens is 393 g/mol. The van der Waals surface area contributed by atoms with Gasteiger partial charge < -0.3 is 15.0 Å². The number of halogens is 3. The highest BCUT2D eigenvalue weighted by atomic mass is 35.5. The third-order valence-corrected chi connectivity index (χ3v) is 4.90. The van der Waals surface area contributed by atoms with Crippen molar-refractivity contribution in [3.63, 3.8) is 0 Å². The fourth-order valence-corrected chi connectivity index (χ4v) is 3.51. The normalized spacial score (nSPS) is 13.5. The summed E-state index contributed by atoms with van der Waals surface area (Å²) in [7, 11) is 0. The molecule has 1 aromatic heterocycles. The predicted octanol–water partition coefficient (Wildman–Crippen LogP) is 4.52. The van der Waals surface area contributed by atoms with Crippen LogP contribution < -0.4 is 5.32 Å². The number of hydrogen-bond acceptors (Lipinski definition) is 3. The van der Waals surface area contributed by atoms with E-state index < -0.39 is 5.60 Å². The number of rotatable bonds is 7. The van der Waals surface area contributed by atoms with Crippen LogP contribution >= 0.6 is 34.8 Å². The SMILES string of the molecule is OC(CNCc1ccc(Cl)cc1)(Cn1ccnc1)c1ccc(Cl)cc1Cl. The van der Waals surface area contributed by atoms with Crippen LogP contribution in [0.3, 0.4) is 0 Å². The summed E-state index contributed by atoms with van der Waals surface area (Å²) in [5.74, 6) is 0. The molecule has 26 heavy (non-hydrogen) atoms. The van der Waals surface area contributed by atoms with Gasteiger partial charge in [-0.15, -0.1) is 0 Å². The summed E-state index contributed by atoms with van der Waals surface area (Å²) in [6.45, 7) is 1.20. The molecule has 0 fully saturated rings. The number of aliphatic hydroxyl groups is 1. The van der Waals surface area contributed by atoms with E-state index in [1.165, 1.54) is 0 Å². The first-order chi connectivity index (χ1) is 12.5. The Labute approximate surface area is 167 Å². The second kappa shape index (κ2) is 8.42. The van der Waals surface area contributed by atoms with E-state index in [0.717, 1.165) is 5.56 Å². The molecule has 136 valence electrons. The van der Waals surface area contributed by atoms with Crippen LogP contribution in [0.15, 0.2) is 61.2 Å². The number of benzene rings is 2. The van der Waals surface area contributed by atoms with E-state index >= 15 is 0 Å². The molecule has 0 radical (unpaired) electrons. The molecule has 1 atom stereocenters. The van der Waals surface area contributed by atoms with E-state index in [1.54, 1.807) is 36.9 Å². The molecule has 0 saturated heterocycles. The number of nitrogens with one attached hydrogen (secondary N) is 1. The largest absolute Gasteiger partial charge is 0.382 e. The average Bonchev–Trinajstić information content (AvgIpc) is 3.09. The molecule has 3 rings (SSSR count). The van der Waals surface area contributed by atoms with Crippen molar-refractivity contribution in [2.45, 2.75) is 18.7 Å². The van der Waals surface area contributed by atoms with Gasteiger partial charge in [-0.1, -0.05) is 53.0 Å². The molecule has 0 aliphatic heterocycles. The van der Waals surface area contributed by atoms with Crippen LogP contribution in [0.2, 0.25) is 15.1 Å². The summed E-state index contributed by atoms with van der Waals surface area (Å²) in [5, 5.41) is 16.3. The smallest absolute Gasteiger partial charge is 0.121 e.